The van der Waals surface area contributed by atoms with Crippen molar-refractivity contribution in [1.29, 1.82) is 0 Å². The Morgan fingerprint density at radius 3 is 2.59 bits per heavy atom. The SMILES string of the molecule is O=C1COc2ccc(NC(=O)C(Cl)(Cl)Cl)cc2N1CCCc1ccccc1. The summed E-state index contributed by atoms with van der Waals surface area (Å²) >= 11 is 16.8. The molecule has 0 bridgehead atoms. The molecule has 2 aromatic rings. The van der Waals surface area contributed by atoms with Crippen molar-refractivity contribution in [1.82, 2.24) is 0 Å². The highest BCUT2D eigenvalue weighted by Crippen LogP contribution is 2.36. The molecule has 142 valence electrons. The molecule has 0 spiro atoms. The van der Waals surface area contributed by atoms with Gasteiger partial charge in [-0.25, -0.2) is 0 Å². The Hall–Kier alpha value is -1.95. The highest BCUT2D eigenvalue weighted by molar-refractivity contribution is 6.76. The number of aryl methyl sites for hydroxylation is 1. The predicted octanol–water partition coefficient (Wildman–Crippen LogP) is 4.35. The Kier molecular flexibility index (Phi) is 6.15. The van der Waals surface area contributed by atoms with Gasteiger partial charge in [0.2, 0.25) is 0 Å². The Labute approximate surface area is 172 Å². The number of rotatable bonds is 5. The fourth-order valence-corrected chi connectivity index (χ4v) is 2.95. The topological polar surface area (TPSA) is 58.6 Å². The molecule has 0 saturated carbocycles. The van der Waals surface area contributed by atoms with Gasteiger partial charge in [-0.1, -0.05) is 65.1 Å². The second kappa shape index (κ2) is 8.38. The van der Waals surface area contributed by atoms with E-state index in [4.69, 9.17) is 39.5 Å². The number of hydrogen-bond acceptors (Lipinski definition) is 3. The second-order valence-electron chi connectivity index (χ2n) is 6.06. The van der Waals surface area contributed by atoms with Gasteiger partial charge >= 0.3 is 0 Å². The van der Waals surface area contributed by atoms with Crippen LogP contribution in [0.5, 0.6) is 5.75 Å². The van der Waals surface area contributed by atoms with Crippen LogP contribution >= 0.6 is 34.8 Å². The summed E-state index contributed by atoms with van der Waals surface area (Å²) in [5.41, 5.74) is 2.21. The number of carbonyl (C=O) groups excluding carboxylic acids is 2. The molecule has 1 N–H and O–H groups in total. The first-order chi connectivity index (χ1) is 12.8. The van der Waals surface area contributed by atoms with Crippen LogP contribution in [0.15, 0.2) is 48.5 Å². The molecule has 2 aromatic carbocycles. The molecular formula is C19H17Cl3N2O3. The Balaban J connectivity index is 1.73. The number of halogens is 3. The molecule has 0 fully saturated rings. The van der Waals surface area contributed by atoms with Gasteiger partial charge in [0, 0.05) is 12.2 Å². The Bertz CT molecular complexity index is 838. The number of amides is 2. The maximum atomic E-state index is 12.3. The van der Waals surface area contributed by atoms with Crippen LogP contribution in [0.1, 0.15) is 12.0 Å². The van der Waals surface area contributed by atoms with E-state index in [2.05, 4.69) is 17.4 Å². The van der Waals surface area contributed by atoms with Crippen LogP contribution in [0.25, 0.3) is 0 Å². The fourth-order valence-electron chi connectivity index (χ4n) is 2.81. The van der Waals surface area contributed by atoms with Crippen LogP contribution in [0, 0.1) is 0 Å². The lowest BCUT2D eigenvalue weighted by Gasteiger charge is -2.30. The lowest BCUT2D eigenvalue weighted by molar-refractivity contribution is -0.121. The van der Waals surface area contributed by atoms with Crippen molar-refractivity contribution in [3.05, 3.63) is 54.1 Å². The van der Waals surface area contributed by atoms with Gasteiger partial charge in [0.25, 0.3) is 15.6 Å². The van der Waals surface area contributed by atoms with Gasteiger partial charge < -0.3 is 15.0 Å². The average molecular weight is 428 g/mol. The van der Waals surface area contributed by atoms with E-state index in [0.29, 0.717) is 23.7 Å². The summed E-state index contributed by atoms with van der Waals surface area (Å²) < 4.78 is 3.40. The molecule has 5 nitrogen and oxygen atoms in total. The van der Waals surface area contributed by atoms with Crippen LogP contribution in [0.3, 0.4) is 0 Å². The molecule has 0 unspecified atom stereocenters. The third kappa shape index (κ3) is 5.06. The molecule has 27 heavy (non-hydrogen) atoms. The van der Waals surface area contributed by atoms with Gasteiger partial charge in [-0.3, -0.25) is 9.59 Å². The number of nitrogens with one attached hydrogen (secondary N) is 1. The standard InChI is InChI=1S/C19H17Cl3N2O3/c20-19(21,22)18(26)23-14-8-9-16-15(11-14)24(17(25)12-27-16)10-4-7-13-5-2-1-3-6-13/h1-3,5-6,8-9,11H,4,7,10,12H2,(H,23,26). The molecule has 0 saturated heterocycles. The van der Waals surface area contributed by atoms with Gasteiger partial charge in [-0.15, -0.1) is 0 Å². The first-order valence-corrected chi connectivity index (χ1v) is 9.47. The van der Waals surface area contributed by atoms with E-state index < -0.39 is 9.70 Å². The van der Waals surface area contributed by atoms with Crippen LogP contribution in [-0.2, 0) is 16.0 Å². The average Bonchev–Trinajstić information content (AvgIpc) is 2.63. The lowest BCUT2D eigenvalue weighted by atomic mass is 10.1. The highest BCUT2D eigenvalue weighted by Gasteiger charge is 2.31. The summed E-state index contributed by atoms with van der Waals surface area (Å²) in [7, 11) is 0. The summed E-state index contributed by atoms with van der Waals surface area (Å²) in [5.74, 6) is -0.340. The molecule has 1 aliphatic rings. The van der Waals surface area contributed by atoms with E-state index in [0.717, 1.165) is 12.8 Å². The number of fused-ring (bicyclic) bond motifs is 1. The summed E-state index contributed by atoms with van der Waals surface area (Å²) in [5, 5.41) is 2.52. The molecule has 0 aliphatic carbocycles. The first kappa shape index (κ1) is 19.8. The zero-order chi connectivity index (χ0) is 19.4. The molecule has 1 aliphatic heterocycles. The van der Waals surface area contributed by atoms with Crippen molar-refractivity contribution in [2.75, 3.05) is 23.4 Å². The van der Waals surface area contributed by atoms with Gasteiger partial charge in [0.1, 0.15) is 5.75 Å². The van der Waals surface area contributed by atoms with Crippen molar-refractivity contribution in [2.24, 2.45) is 0 Å². The maximum Gasteiger partial charge on any atom is 0.276 e. The third-order valence-corrected chi connectivity index (χ3v) is 4.62. The van der Waals surface area contributed by atoms with Gasteiger partial charge in [-0.05, 0) is 36.6 Å². The molecule has 3 rings (SSSR count). The number of carbonyl (C=O) groups is 2. The van der Waals surface area contributed by atoms with Crippen molar-refractivity contribution in [3.8, 4) is 5.75 Å². The van der Waals surface area contributed by atoms with Crippen LogP contribution in [-0.4, -0.2) is 28.8 Å². The zero-order valence-electron chi connectivity index (χ0n) is 14.3. The van der Waals surface area contributed by atoms with E-state index >= 15 is 0 Å². The quantitative estimate of drug-likeness (QED) is 0.722. The number of hydrogen-bond donors (Lipinski definition) is 1. The molecule has 1 heterocycles. The zero-order valence-corrected chi connectivity index (χ0v) is 16.5. The number of nitrogens with zero attached hydrogens (tertiary/aromatic N) is 1. The first-order valence-electron chi connectivity index (χ1n) is 8.34. The predicted molar refractivity (Wildman–Crippen MR) is 108 cm³/mol. The summed E-state index contributed by atoms with van der Waals surface area (Å²) in [6.45, 7) is 0.518. The third-order valence-electron chi connectivity index (χ3n) is 4.11. The van der Waals surface area contributed by atoms with Crippen molar-refractivity contribution in [3.63, 3.8) is 0 Å². The maximum absolute atomic E-state index is 12.3. The Morgan fingerprint density at radius 1 is 1.15 bits per heavy atom. The molecule has 8 heteroatoms. The molecular weight excluding hydrogens is 411 g/mol. The van der Waals surface area contributed by atoms with Crippen LogP contribution in [0.2, 0.25) is 0 Å². The minimum atomic E-state index is -2.07. The normalized spacial score (nSPS) is 13.7. The minimum absolute atomic E-state index is 0.0157. The Morgan fingerprint density at radius 2 is 1.89 bits per heavy atom. The fraction of sp³-hybridized carbons (Fsp3) is 0.263. The van der Waals surface area contributed by atoms with Crippen molar-refractivity contribution < 1.29 is 14.3 Å². The van der Waals surface area contributed by atoms with Gasteiger partial charge in [0.05, 0.1) is 5.69 Å². The molecule has 0 radical (unpaired) electrons. The van der Waals surface area contributed by atoms with Crippen LogP contribution < -0.4 is 15.0 Å². The number of alkyl halides is 3. The highest BCUT2D eigenvalue weighted by atomic mass is 35.6. The van der Waals surface area contributed by atoms with Gasteiger partial charge in [0.15, 0.2) is 6.61 Å². The minimum Gasteiger partial charge on any atom is -0.482 e. The monoisotopic (exact) mass is 426 g/mol. The number of anilines is 2. The van der Waals surface area contributed by atoms with Gasteiger partial charge in [-0.2, -0.15) is 0 Å². The summed E-state index contributed by atoms with van der Waals surface area (Å²) in [6, 6.07) is 15.0. The van der Waals surface area contributed by atoms with E-state index in [-0.39, 0.29) is 12.5 Å². The summed E-state index contributed by atoms with van der Waals surface area (Å²) in [6.07, 6.45) is 1.64. The van der Waals surface area contributed by atoms with E-state index in [9.17, 15) is 9.59 Å². The second-order valence-corrected chi connectivity index (χ2v) is 8.34. The number of ether oxygens (including phenoxy) is 1. The largest absolute Gasteiger partial charge is 0.482 e. The smallest absolute Gasteiger partial charge is 0.276 e. The molecule has 0 atom stereocenters. The van der Waals surface area contributed by atoms with Crippen molar-refractivity contribution in [2.45, 2.75) is 16.6 Å². The molecule has 0 aromatic heterocycles. The van der Waals surface area contributed by atoms with Crippen molar-refractivity contribution >= 4 is 58.0 Å². The van der Waals surface area contributed by atoms with E-state index in [1.807, 2.05) is 18.2 Å². The molecule has 2 amide bonds. The van der Waals surface area contributed by atoms with Crippen LogP contribution in [0.4, 0.5) is 11.4 Å². The van der Waals surface area contributed by atoms with E-state index in [1.165, 1.54) is 5.56 Å². The van der Waals surface area contributed by atoms with E-state index in [1.54, 1.807) is 23.1 Å². The summed E-state index contributed by atoms with van der Waals surface area (Å²) in [4.78, 5) is 25.9. The number of benzene rings is 2. The lowest BCUT2D eigenvalue weighted by Crippen LogP contribution is -2.39.